The fraction of sp³-hybridized carbons (Fsp3) is 0.167. The SMILES string of the molecule is CCCc1ccc(-c2nc3c(S(=O)(=O)O)c4oc(-c5ccc(C)cc5)nc4c(S(=O)(=O)O)c3o2)cc1S(=O)(=O)O. The Hall–Kier alpha value is -3.67. The minimum absolute atomic E-state index is 0.0869. The zero-order valence-corrected chi connectivity index (χ0v) is 23.1. The van der Waals surface area contributed by atoms with E-state index in [9.17, 15) is 38.9 Å². The summed E-state index contributed by atoms with van der Waals surface area (Å²) >= 11 is 0. The third kappa shape index (κ3) is 4.89. The van der Waals surface area contributed by atoms with Crippen LogP contribution in [0.2, 0.25) is 0 Å². The summed E-state index contributed by atoms with van der Waals surface area (Å²) < 4.78 is 115. The summed E-state index contributed by atoms with van der Waals surface area (Å²) in [5, 5.41) is 0. The second-order valence-electron chi connectivity index (χ2n) is 8.92. The summed E-state index contributed by atoms with van der Waals surface area (Å²) in [6, 6.07) is 10.3. The van der Waals surface area contributed by atoms with E-state index in [4.69, 9.17) is 8.83 Å². The van der Waals surface area contributed by atoms with Crippen LogP contribution in [0.1, 0.15) is 24.5 Å². The van der Waals surface area contributed by atoms with Gasteiger partial charge >= 0.3 is 20.2 Å². The first kappa shape index (κ1) is 27.9. The van der Waals surface area contributed by atoms with Gasteiger partial charge in [-0.3, -0.25) is 13.7 Å². The predicted octanol–water partition coefficient (Wildman–Crippen LogP) is 4.30. The molecule has 0 saturated carbocycles. The second kappa shape index (κ2) is 9.46. The maximum absolute atomic E-state index is 12.5. The molecule has 3 aromatic carbocycles. The van der Waals surface area contributed by atoms with Crippen LogP contribution in [-0.2, 0) is 36.8 Å². The van der Waals surface area contributed by atoms with Crippen LogP contribution in [0.25, 0.3) is 45.1 Å². The number of benzene rings is 3. The van der Waals surface area contributed by atoms with Crippen molar-refractivity contribution < 1.29 is 47.7 Å². The predicted molar refractivity (Wildman–Crippen MR) is 141 cm³/mol. The van der Waals surface area contributed by atoms with Gasteiger partial charge in [0.15, 0.2) is 21.0 Å². The molecule has 210 valence electrons. The molecule has 3 N–H and O–H groups in total. The molecule has 13 nitrogen and oxygen atoms in total. The molecule has 0 atom stereocenters. The van der Waals surface area contributed by atoms with Crippen molar-refractivity contribution in [1.29, 1.82) is 0 Å². The molecule has 16 heteroatoms. The van der Waals surface area contributed by atoms with Crippen LogP contribution in [0.5, 0.6) is 0 Å². The van der Waals surface area contributed by atoms with Gasteiger partial charge in [-0.15, -0.1) is 0 Å². The van der Waals surface area contributed by atoms with Crippen LogP contribution in [-0.4, -0.2) is 48.9 Å². The summed E-state index contributed by atoms with van der Waals surface area (Å²) in [6.45, 7) is 3.61. The maximum atomic E-state index is 12.5. The number of oxazole rings is 2. The zero-order valence-electron chi connectivity index (χ0n) is 20.7. The summed E-state index contributed by atoms with van der Waals surface area (Å²) in [5.74, 6) is -0.703. The lowest BCUT2D eigenvalue weighted by Crippen LogP contribution is -2.05. The molecule has 0 amide bonds. The Balaban J connectivity index is 1.88. The van der Waals surface area contributed by atoms with Crippen LogP contribution < -0.4 is 0 Å². The third-order valence-corrected chi connectivity index (χ3v) is 8.75. The summed E-state index contributed by atoms with van der Waals surface area (Å²) in [5.41, 5.74) is -1.47. The van der Waals surface area contributed by atoms with Crippen LogP contribution in [0.4, 0.5) is 0 Å². The molecule has 0 radical (unpaired) electrons. The van der Waals surface area contributed by atoms with Crippen molar-refractivity contribution in [3.63, 3.8) is 0 Å². The molecular formula is C24H20N2O11S3. The lowest BCUT2D eigenvalue weighted by molar-refractivity contribution is 0.478. The van der Waals surface area contributed by atoms with Gasteiger partial charge in [-0.05, 0) is 43.2 Å². The van der Waals surface area contributed by atoms with E-state index in [0.29, 0.717) is 18.4 Å². The molecule has 0 aliphatic heterocycles. The van der Waals surface area contributed by atoms with Crippen LogP contribution >= 0.6 is 0 Å². The topological polar surface area (TPSA) is 215 Å². The van der Waals surface area contributed by atoms with Gasteiger partial charge in [0.2, 0.25) is 11.8 Å². The highest BCUT2D eigenvalue weighted by Gasteiger charge is 2.35. The molecule has 40 heavy (non-hydrogen) atoms. The first-order valence-electron chi connectivity index (χ1n) is 11.5. The largest absolute Gasteiger partial charge is 0.434 e. The highest BCUT2D eigenvalue weighted by atomic mass is 32.2. The average molecular weight is 609 g/mol. The minimum atomic E-state index is -5.18. The Morgan fingerprint density at radius 1 is 0.700 bits per heavy atom. The molecule has 0 spiro atoms. The molecular weight excluding hydrogens is 588 g/mol. The van der Waals surface area contributed by atoms with Crippen molar-refractivity contribution >= 4 is 52.6 Å². The smallest absolute Gasteiger partial charge is 0.300 e. The van der Waals surface area contributed by atoms with E-state index in [1.807, 2.05) is 6.92 Å². The van der Waals surface area contributed by atoms with Gasteiger partial charge in [0.1, 0.15) is 11.0 Å². The number of nitrogens with zero attached hydrogens (tertiary/aromatic N) is 2. The summed E-state index contributed by atoms with van der Waals surface area (Å²) in [7, 11) is -15.1. The highest BCUT2D eigenvalue weighted by molar-refractivity contribution is 7.87. The first-order valence-corrected chi connectivity index (χ1v) is 15.8. The molecule has 2 heterocycles. The van der Waals surface area contributed by atoms with Crippen LogP contribution in [0.15, 0.2) is 66.0 Å². The monoisotopic (exact) mass is 608 g/mol. The van der Waals surface area contributed by atoms with Crippen molar-refractivity contribution in [3.8, 4) is 22.9 Å². The van der Waals surface area contributed by atoms with Crippen molar-refractivity contribution in [2.75, 3.05) is 0 Å². The maximum Gasteiger partial charge on any atom is 0.300 e. The number of hydrogen-bond donors (Lipinski definition) is 3. The molecule has 0 aliphatic carbocycles. The van der Waals surface area contributed by atoms with Gasteiger partial charge in [0.25, 0.3) is 10.1 Å². The van der Waals surface area contributed by atoms with Gasteiger partial charge in [-0.25, -0.2) is 9.97 Å². The molecule has 0 unspecified atom stereocenters. The standard InChI is InChI=1S/C24H20N2O11S3/c1-3-4-13-9-10-15(11-16(13)38(27,28)29)24-26-18-20(37-24)21(39(30,31)32)17-19(22(18)40(33,34)35)36-23(25-17)14-7-5-12(2)6-8-14/h5-11H,3-4H2,1-2H3,(H,27,28,29)(H,30,31,32)(H,33,34,35). The molecule has 0 aliphatic rings. The fourth-order valence-corrected chi connectivity index (χ4v) is 6.58. The van der Waals surface area contributed by atoms with E-state index in [2.05, 4.69) is 9.97 Å². The van der Waals surface area contributed by atoms with E-state index < -0.39 is 73.1 Å². The number of aryl methyl sites for hydroxylation is 2. The van der Waals surface area contributed by atoms with Gasteiger partial charge in [0, 0.05) is 11.1 Å². The van der Waals surface area contributed by atoms with Gasteiger partial charge < -0.3 is 8.83 Å². The Bertz CT molecular complexity index is 2060. The molecule has 0 fully saturated rings. The van der Waals surface area contributed by atoms with E-state index >= 15 is 0 Å². The van der Waals surface area contributed by atoms with Crippen molar-refractivity contribution in [2.45, 2.75) is 41.4 Å². The number of rotatable bonds is 7. The molecule has 5 aromatic rings. The summed E-state index contributed by atoms with van der Waals surface area (Å²) in [6.07, 6.45) is 0.852. The zero-order chi connectivity index (χ0) is 29.2. The van der Waals surface area contributed by atoms with Crippen molar-refractivity contribution in [1.82, 2.24) is 9.97 Å². The fourth-order valence-electron chi connectivity index (χ4n) is 4.30. The second-order valence-corrected chi connectivity index (χ2v) is 13.0. The number of fused-ring (bicyclic) bond motifs is 2. The Morgan fingerprint density at radius 2 is 1.18 bits per heavy atom. The first-order chi connectivity index (χ1) is 18.6. The van der Waals surface area contributed by atoms with Crippen LogP contribution in [0.3, 0.4) is 0 Å². The minimum Gasteiger partial charge on any atom is -0.434 e. The number of aromatic nitrogens is 2. The van der Waals surface area contributed by atoms with Gasteiger partial charge in [-0.2, -0.15) is 25.3 Å². The van der Waals surface area contributed by atoms with Gasteiger partial charge in [0.05, 0.1) is 4.90 Å². The average Bonchev–Trinajstić information content (AvgIpc) is 3.45. The van der Waals surface area contributed by atoms with E-state index in [0.717, 1.165) is 11.6 Å². The van der Waals surface area contributed by atoms with Crippen LogP contribution in [0, 0.1) is 6.92 Å². The number of hydrogen-bond acceptors (Lipinski definition) is 10. The van der Waals surface area contributed by atoms with E-state index in [1.165, 1.54) is 12.1 Å². The summed E-state index contributed by atoms with van der Waals surface area (Å²) in [4.78, 5) is 5.68. The normalized spacial score (nSPS) is 12.9. The Morgan fingerprint density at radius 3 is 1.62 bits per heavy atom. The third-order valence-electron chi connectivity index (χ3n) is 6.02. The van der Waals surface area contributed by atoms with Crippen molar-refractivity contribution in [2.24, 2.45) is 0 Å². The van der Waals surface area contributed by atoms with E-state index in [1.54, 1.807) is 31.2 Å². The Labute approximate surface area is 227 Å². The molecule has 0 bridgehead atoms. The van der Waals surface area contributed by atoms with Crippen molar-refractivity contribution in [3.05, 3.63) is 53.6 Å². The lowest BCUT2D eigenvalue weighted by atomic mass is 10.1. The molecule has 5 rings (SSSR count). The lowest BCUT2D eigenvalue weighted by Gasteiger charge is -2.07. The van der Waals surface area contributed by atoms with E-state index in [-0.39, 0.29) is 17.0 Å². The Kier molecular flexibility index (Phi) is 6.60. The molecule has 2 aromatic heterocycles. The van der Waals surface area contributed by atoms with Gasteiger partial charge in [-0.1, -0.05) is 37.1 Å². The highest BCUT2D eigenvalue weighted by Crippen LogP contribution is 2.41. The quantitative estimate of drug-likeness (QED) is 0.220. The molecule has 0 saturated heterocycles.